The molecule has 0 aliphatic rings. The maximum atomic E-state index is 13.0. The van der Waals surface area contributed by atoms with E-state index >= 15 is 0 Å². The Morgan fingerprint density at radius 2 is 1.94 bits per heavy atom. The van der Waals surface area contributed by atoms with Crippen LogP contribution in [0, 0.1) is 28.9 Å². The summed E-state index contributed by atoms with van der Waals surface area (Å²) in [6, 6.07) is 3.84. The first-order chi connectivity index (χ1) is 7.86. The van der Waals surface area contributed by atoms with Crippen LogP contribution in [0.3, 0.4) is 0 Å². The summed E-state index contributed by atoms with van der Waals surface area (Å²) < 4.78 is 66.5. The molecule has 1 atom stereocenters. The predicted molar refractivity (Wildman–Crippen MR) is 47.0 cm³/mol. The predicted octanol–water partition coefficient (Wildman–Crippen LogP) is 3.05. The second kappa shape index (κ2) is 4.99. The van der Waals surface area contributed by atoms with Crippen molar-refractivity contribution in [3.8, 4) is 11.8 Å². The van der Waals surface area contributed by atoms with Gasteiger partial charge in [0, 0.05) is 0 Å². The molecule has 1 aromatic carbocycles. The van der Waals surface area contributed by atoms with E-state index < -0.39 is 36.1 Å². The highest BCUT2D eigenvalue weighted by molar-refractivity contribution is 5.25. The molecule has 0 heterocycles. The first kappa shape index (κ1) is 13.2. The van der Waals surface area contributed by atoms with Gasteiger partial charge in [-0.3, -0.25) is 0 Å². The van der Waals surface area contributed by atoms with Crippen molar-refractivity contribution in [2.24, 2.45) is 5.92 Å². The molecule has 0 spiro atoms. The molecule has 92 valence electrons. The quantitative estimate of drug-likeness (QED) is 0.773. The molecule has 0 amide bonds. The van der Waals surface area contributed by atoms with Gasteiger partial charge in [0.1, 0.15) is 6.61 Å². The Kier molecular flexibility index (Phi) is 3.89. The van der Waals surface area contributed by atoms with Gasteiger partial charge in [-0.2, -0.15) is 22.8 Å². The smallest absolute Gasteiger partial charge is 0.407 e. The number of hydrogen-bond acceptors (Lipinski definition) is 2. The molecule has 0 radical (unpaired) electrons. The maximum Gasteiger partial charge on any atom is 0.407 e. The van der Waals surface area contributed by atoms with E-state index in [1.807, 2.05) is 0 Å². The minimum Gasteiger partial charge on any atom is -0.489 e. The minimum absolute atomic E-state index is 0.658. The first-order valence-corrected chi connectivity index (χ1v) is 4.39. The molecule has 0 aliphatic carbocycles. The molecule has 0 fully saturated rings. The minimum atomic E-state index is -4.77. The first-order valence-electron chi connectivity index (χ1n) is 4.39. The second-order valence-corrected chi connectivity index (χ2v) is 3.09. The Morgan fingerprint density at radius 1 is 1.29 bits per heavy atom. The van der Waals surface area contributed by atoms with Gasteiger partial charge in [0.05, 0.1) is 6.07 Å². The molecule has 0 N–H and O–H groups in total. The van der Waals surface area contributed by atoms with Crippen LogP contribution in [0.15, 0.2) is 18.2 Å². The van der Waals surface area contributed by atoms with Crippen molar-refractivity contribution >= 4 is 0 Å². The lowest BCUT2D eigenvalue weighted by Crippen LogP contribution is -2.27. The van der Waals surface area contributed by atoms with Gasteiger partial charge < -0.3 is 4.74 Å². The van der Waals surface area contributed by atoms with Crippen molar-refractivity contribution in [2.75, 3.05) is 6.61 Å². The Labute approximate surface area is 93.2 Å². The van der Waals surface area contributed by atoms with Crippen LogP contribution >= 0.6 is 0 Å². The number of hydrogen-bond donors (Lipinski definition) is 0. The summed E-state index contributed by atoms with van der Waals surface area (Å²) in [5.74, 6) is -5.66. The molecule has 0 bridgehead atoms. The van der Waals surface area contributed by atoms with Gasteiger partial charge in [-0.05, 0) is 12.1 Å². The van der Waals surface area contributed by atoms with Crippen LogP contribution in [0.5, 0.6) is 5.75 Å². The number of benzene rings is 1. The summed E-state index contributed by atoms with van der Waals surface area (Å²) in [5.41, 5.74) is 0. The third-order valence-corrected chi connectivity index (χ3v) is 1.87. The lowest BCUT2D eigenvalue weighted by molar-refractivity contribution is -0.165. The summed E-state index contributed by atoms with van der Waals surface area (Å²) >= 11 is 0. The van der Waals surface area contributed by atoms with E-state index in [1.54, 1.807) is 0 Å². The van der Waals surface area contributed by atoms with E-state index in [4.69, 9.17) is 5.26 Å². The number of ether oxygens (including phenoxy) is 1. The summed E-state index contributed by atoms with van der Waals surface area (Å²) in [5, 5.41) is 8.25. The molecule has 7 heteroatoms. The lowest BCUT2D eigenvalue weighted by Gasteiger charge is -2.14. The molecule has 0 aliphatic heterocycles. The van der Waals surface area contributed by atoms with Crippen LogP contribution in [0.25, 0.3) is 0 Å². The zero-order valence-electron chi connectivity index (χ0n) is 8.26. The Bertz CT molecular complexity index is 437. The lowest BCUT2D eigenvalue weighted by atomic mass is 10.2. The van der Waals surface area contributed by atoms with Crippen molar-refractivity contribution < 1.29 is 26.7 Å². The van der Waals surface area contributed by atoms with Crippen molar-refractivity contribution in [3.63, 3.8) is 0 Å². The van der Waals surface area contributed by atoms with Crippen molar-refractivity contribution in [1.82, 2.24) is 0 Å². The Morgan fingerprint density at radius 3 is 2.47 bits per heavy atom. The van der Waals surface area contributed by atoms with Gasteiger partial charge in [-0.1, -0.05) is 6.07 Å². The van der Waals surface area contributed by atoms with E-state index in [-0.39, 0.29) is 0 Å². The molecule has 0 saturated heterocycles. The van der Waals surface area contributed by atoms with E-state index in [9.17, 15) is 22.0 Å². The fourth-order valence-electron chi connectivity index (χ4n) is 0.974. The number of nitriles is 1. The average Bonchev–Trinajstić information content (AvgIpc) is 2.23. The highest BCUT2D eigenvalue weighted by Gasteiger charge is 2.40. The standard InChI is InChI=1S/C10H6F5NO/c11-7-2-1-3-8(9(7)12)17-5-6(4-16)10(13,14)15/h1-3,6H,5H2. The van der Waals surface area contributed by atoms with E-state index in [1.165, 1.54) is 0 Å². The van der Waals surface area contributed by atoms with Gasteiger partial charge >= 0.3 is 6.18 Å². The van der Waals surface area contributed by atoms with Gasteiger partial charge in [0.2, 0.25) is 5.82 Å². The maximum absolute atomic E-state index is 13.0. The van der Waals surface area contributed by atoms with Crippen LogP contribution in [-0.2, 0) is 0 Å². The molecule has 1 rings (SSSR count). The van der Waals surface area contributed by atoms with Crippen LogP contribution in [0.2, 0.25) is 0 Å². The fourth-order valence-corrected chi connectivity index (χ4v) is 0.974. The van der Waals surface area contributed by atoms with Crippen molar-refractivity contribution in [2.45, 2.75) is 6.18 Å². The Hall–Kier alpha value is -1.84. The number of nitrogens with zero attached hydrogens (tertiary/aromatic N) is 1. The SMILES string of the molecule is N#CC(COc1cccc(F)c1F)C(F)(F)F. The van der Waals surface area contributed by atoms with Crippen molar-refractivity contribution in [1.29, 1.82) is 5.26 Å². The number of alkyl halides is 3. The topological polar surface area (TPSA) is 33.0 Å². The molecule has 17 heavy (non-hydrogen) atoms. The molecule has 0 aromatic heterocycles. The average molecular weight is 251 g/mol. The zero-order valence-corrected chi connectivity index (χ0v) is 8.26. The Balaban J connectivity index is 2.74. The van der Waals surface area contributed by atoms with E-state index in [0.717, 1.165) is 24.3 Å². The number of halogens is 5. The molecular formula is C10H6F5NO. The van der Waals surface area contributed by atoms with Crippen LogP contribution in [0.1, 0.15) is 0 Å². The fraction of sp³-hybridized carbons (Fsp3) is 0.300. The van der Waals surface area contributed by atoms with Crippen LogP contribution in [-0.4, -0.2) is 12.8 Å². The summed E-state index contributed by atoms with van der Waals surface area (Å²) in [6.07, 6.45) is -4.77. The summed E-state index contributed by atoms with van der Waals surface area (Å²) in [7, 11) is 0. The van der Waals surface area contributed by atoms with E-state index in [2.05, 4.69) is 4.74 Å². The third kappa shape index (κ3) is 3.31. The van der Waals surface area contributed by atoms with Crippen LogP contribution < -0.4 is 4.74 Å². The third-order valence-electron chi connectivity index (χ3n) is 1.87. The monoisotopic (exact) mass is 251 g/mol. The van der Waals surface area contributed by atoms with E-state index in [0.29, 0.717) is 0 Å². The molecule has 0 saturated carbocycles. The number of rotatable bonds is 3. The molecular weight excluding hydrogens is 245 g/mol. The van der Waals surface area contributed by atoms with Gasteiger partial charge in [-0.25, -0.2) is 4.39 Å². The molecule has 1 aromatic rings. The summed E-state index contributed by atoms with van der Waals surface area (Å²) in [6.45, 7) is -1.08. The summed E-state index contributed by atoms with van der Waals surface area (Å²) in [4.78, 5) is 0. The second-order valence-electron chi connectivity index (χ2n) is 3.09. The normalized spacial score (nSPS) is 12.9. The highest BCUT2D eigenvalue weighted by atomic mass is 19.4. The van der Waals surface area contributed by atoms with Gasteiger partial charge in [0.25, 0.3) is 0 Å². The largest absolute Gasteiger partial charge is 0.489 e. The molecule has 1 unspecified atom stereocenters. The van der Waals surface area contributed by atoms with Gasteiger partial charge in [0.15, 0.2) is 17.5 Å². The van der Waals surface area contributed by atoms with Crippen molar-refractivity contribution in [3.05, 3.63) is 29.8 Å². The zero-order chi connectivity index (χ0) is 13.1. The molecule has 2 nitrogen and oxygen atoms in total. The van der Waals surface area contributed by atoms with Gasteiger partial charge in [-0.15, -0.1) is 0 Å². The van der Waals surface area contributed by atoms with Crippen LogP contribution in [0.4, 0.5) is 22.0 Å². The highest BCUT2D eigenvalue weighted by Crippen LogP contribution is 2.27.